The van der Waals surface area contributed by atoms with Crippen molar-refractivity contribution in [2.75, 3.05) is 0 Å². The molecule has 2 nitrogen and oxygen atoms in total. The Morgan fingerprint density at radius 1 is 1.05 bits per heavy atom. The molecule has 96 valence electrons. The van der Waals surface area contributed by atoms with Gasteiger partial charge in [0.05, 0.1) is 4.90 Å². The largest absolute Gasteiger partial charge is 0.426 e. The summed E-state index contributed by atoms with van der Waals surface area (Å²) in [7, 11) is 0. The zero-order valence-corrected chi connectivity index (χ0v) is 11.4. The van der Waals surface area contributed by atoms with Crippen LogP contribution in [0, 0.1) is 0 Å². The van der Waals surface area contributed by atoms with Gasteiger partial charge >= 0.3 is 5.97 Å². The molecule has 0 spiro atoms. The highest BCUT2D eigenvalue weighted by Crippen LogP contribution is 2.30. The molecule has 0 amide bonds. The summed E-state index contributed by atoms with van der Waals surface area (Å²) in [6, 6.07) is 17.5. The third-order valence-corrected chi connectivity index (χ3v) is 3.22. The lowest BCUT2D eigenvalue weighted by molar-refractivity contribution is -0.132. The number of ether oxygens (including phenoxy) is 1. The highest BCUT2D eigenvalue weighted by molar-refractivity contribution is 8.02. The molecular formula is C16H14O2S. The van der Waals surface area contributed by atoms with Crippen LogP contribution in [0.3, 0.4) is 0 Å². The topological polar surface area (TPSA) is 26.3 Å². The third kappa shape index (κ3) is 4.30. The quantitative estimate of drug-likeness (QED) is 0.468. The third-order valence-electron chi connectivity index (χ3n) is 2.36. The summed E-state index contributed by atoms with van der Waals surface area (Å²) in [5.41, 5.74) is 1.14. The fraction of sp³-hybridized carbons (Fsp3) is 0.0625. The van der Waals surface area contributed by atoms with Crippen molar-refractivity contribution >= 4 is 23.8 Å². The second-order valence-electron chi connectivity index (χ2n) is 3.87. The average Bonchev–Trinajstić information content (AvgIpc) is 2.41. The SMILES string of the molecule is CC(=O)Oc1ccccc1S/C=C\c1ccccc1. The van der Waals surface area contributed by atoms with E-state index in [9.17, 15) is 4.79 Å². The van der Waals surface area contributed by atoms with Crippen LogP contribution in [0.5, 0.6) is 5.75 Å². The number of carbonyl (C=O) groups is 1. The minimum absolute atomic E-state index is 0.305. The Morgan fingerprint density at radius 3 is 2.47 bits per heavy atom. The Balaban J connectivity index is 2.07. The number of benzene rings is 2. The second-order valence-corrected chi connectivity index (χ2v) is 4.82. The minimum Gasteiger partial charge on any atom is -0.426 e. The van der Waals surface area contributed by atoms with Gasteiger partial charge in [0.2, 0.25) is 0 Å². The van der Waals surface area contributed by atoms with Crippen LogP contribution >= 0.6 is 11.8 Å². The molecule has 0 unspecified atom stereocenters. The molecule has 2 aromatic rings. The molecule has 0 atom stereocenters. The van der Waals surface area contributed by atoms with Gasteiger partial charge in [-0.3, -0.25) is 4.79 Å². The van der Waals surface area contributed by atoms with Crippen LogP contribution in [-0.4, -0.2) is 5.97 Å². The van der Waals surface area contributed by atoms with Gasteiger partial charge in [0, 0.05) is 6.92 Å². The Hall–Kier alpha value is -2.00. The van der Waals surface area contributed by atoms with Crippen LogP contribution in [0.1, 0.15) is 12.5 Å². The molecule has 0 fully saturated rings. The molecule has 0 radical (unpaired) electrons. The molecule has 19 heavy (non-hydrogen) atoms. The number of hydrogen-bond donors (Lipinski definition) is 0. The van der Waals surface area contributed by atoms with E-state index in [1.54, 1.807) is 6.07 Å². The van der Waals surface area contributed by atoms with E-state index >= 15 is 0 Å². The van der Waals surface area contributed by atoms with Gasteiger partial charge in [0.1, 0.15) is 5.75 Å². The minimum atomic E-state index is -0.305. The van der Waals surface area contributed by atoms with Gasteiger partial charge in [0.15, 0.2) is 0 Å². The smallest absolute Gasteiger partial charge is 0.308 e. The highest BCUT2D eigenvalue weighted by Gasteiger charge is 2.04. The Bertz CT molecular complexity index is 576. The standard InChI is InChI=1S/C16H14O2S/c1-13(17)18-15-9-5-6-10-16(15)19-12-11-14-7-3-2-4-8-14/h2-12H,1H3/b12-11-. The maximum Gasteiger partial charge on any atom is 0.308 e. The summed E-state index contributed by atoms with van der Waals surface area (Å²) in [5, 5.41) is 1.98. The first kappa shape index (κ1) is 13.4. The predicted octanol–water partition coefficient (Wildman–Crippen LogP) is 4.37. The summed E-state index contributed by atoms with van der Waals surface area (Å²) in [6.07, 6.45) is 2.02. The van der Waals surface area contributed by atoms with Crippen molar-refractivity contribution < 1.29 is 9.53 Å². The zero-order valence-electron chi connectivity index (χ0n) is 10.6. The summed E-state index contributed by atoms with van der Waals surface area (Å²) in [5.74, 6) is 0.290. The summed E-state index contributed by atoms with van der Waals surface area (Å²) in [4.78, 5) is 11.9. The van der Waals surface area contributed by atoms with Gasteiger partial charge in [-0.2, -0.15) is 0 Å². The van der Waals surface area contributed by atoms with Gasteiger partial charge in [-0.1, -0.05) is 54.2 Å². The molecule has 2 rings (SSSR count). The summed E-state index contributed by atoms with van der Waals surface area (Å²) >= 11 is 1.53. The van der Waals surface area contributed by atoms with Gasteiger partial charge < -0.3 is 4.74 Å². The molecule has 0 aliphatic rings. The van der Waals surface area contributed by atoms with Gasteiger partial charge in [-0.25, -0.2) is 0 Å². The van der Waals surface area contributed by atoms with E-state index in [1.807, 2.05) is 60.0 Å². The van der Waals surface area contributed by atoms with Crippen LogP contribution in [-0.2, 0) is 4.79 Å². The number of esters is 1. The first-order valence-corrected chi connectivity index (χ1v) is 6.79. The molecule has 2 aromatic carbocycles. The summed E-state index contributed by atoms with van der Waals surface area (Å²) in [6.45, 7) is 1.40. The van der Waals surface area contributed by atoms with E-state index in [4.69, 9.17) is 4.74 Å². The maximum absolute atomic E-state index is 11.0. The first-order valence-electron chi connectivity index (χ1n) is 5.91. The lowest BCUT2D eigenvalue weighted by Crippen LogP contribution is -2.01. The number of carbonyl (C=O) groups excluding carboxylic acids is 1. The van der Waals surface area contributed by atoms with Crippen LogP contribution < -0.4 is 4.74 Å². The van der Waals surface area contributed by atoms with E-state index in [1.165, 1.54) is 18.7 Å². The van der Waals surface area contributed by atoms with Crippen molar-refractivity contribution in [2.24, 2.45) is 0 Å². The average molecular weight is 270 g/mol. The van der Waals surface area contributed by atoms with E-state index in [2.05, 4.69) is 0 Å². The number of para-hydroxylation sites is 1. The normalized spacial score (nSPS) is 10.6. The number of hydrogen-bond acceptors (Lipinski definition) is 3. The van der Waals surface area contributed by atoms with Crippen LogP contribution in [0.4, 0.5) is 0 Å². The van der Waals surface area contributed by atoms with E-state index < -0.39 is 0 Å². The molecule has 0 N–H and O–H groups in total. The Labute approximate surface area is 117 Å². The maximum atomic E-state index is 11.0. The van der Waals surface area contributed by atoms with Crippen molar-refractivity contribution in [1.82, 2.24) is 0 Å². The molecule has 0 heterocycles. The van der Waals surface area contributed by atoms with E-state index in [-0.39, 0.29) is 5.97 Å². The van der Waals surface area contributed by atoms with E-state index in [0.717, 1.165) is 10.5 Å². The molecule has 0 saturated heterocycles. The van der Waals surface area contributed by atoms with Crippen molar-refractivity contribution in [3.05, 3.63) is 65.6 Å². The Kier molecular flexibility index (Phi) is 4.81. The molecule has 0 saturated carbocycles. The molecule has 0 aromatic heterocycles. The molecule has 0 aliphatic heterocycles. The van der Waals surface area contributed by atoms with Crippen molar-refractivity contribution in [1.29, 1.82) is 0 Å². The molecule has 0 aliphatic carbocycles. The van der Waals surface area contributed by atoms with E-state index in [0.29, 0.717) is 5.75 Å². The summed E-state index contributed by atoms with van der Waals surface area (Å²) < 4.78 is 5.15. The fourth-order valence-electron chi connectivity index (χ4n) is 1.54. The number of thioether (sulfide) groups is 1. The highest BCUT2D eigenvalue weighted by atomic mass is 32.2. The van der Waals surface area contributed by atoms with Crippen LogP contribution in [0.2, 0.25) is 0 Å². The predicted molar refractivity (Wildman–Crippen MR) is 79.1 cm³/mol. The van der Waals surface area contributed by atoms with Crippen LogP contribution in [0.15, 0.2) is 64.9 Å². The van der Waals surface area contributed by atoms with Crippen molar-refractivity contribution in [3.63, 3.8) is 0 Å². The molecule has 0 bridgehead atoms. The van der Waals surface area contributed by atoms with Gasteiger partial charge in [-0.05, 0) is 29.2 Å². The first-order chi connectivity index (χ1) is 9.25. The fourth-order valence-corrected chi connectivity index (χ4v) is 2.29. The van der Waals surface area contributed by atoms with Gasteiger partial charge in [0.25, 0.3) is 0 Å². The second kappa shape index (κ2) is 6.81. The lowest BCUT2D eigenvalue weighted by atomic mass is 10.2. The zero-order chi connectivity index (χ0) is 13.5. The van der Waals surface area contributed by atoms with Gasteiger partial charge in [-0.15, -0.1) is 0 Å². The molecular weight excluding hydrogens is 256 g/mol. The Morgan fingerprint density at radius 2 is 1.74 bits per heavy atom. The lowest BCUT2D eigenvalue weighted by Gasteiger charge is -2.05. The monoisotopic (exact) mass is 270 g/mol. The van der Waals surface area contributed by atoms with Crippen molar-refractivity contribution in [2.45, 2.75) is 11.8 Å². The van der Waals surface area contributed by atoms with Crippen LogP contribution in [0.25, 0.3) is 6.08 Å². The number of rotatable bonds is 4. The molecule has 3 heteroatoms. The van der Waals surface area contributed by atoms with Crippen molar-refractivity contribution in [3.8, 4) is 5.75 Å².